The molecule has 0 bridgehead atoms. The Balaban J connectivity index is 2.39. The van der Waals surface area contributed by atoms with Crippen LogP contribution in [-0.4, -0.2) is 5.84 Å². The van der Waals surface area contributed by atoms with Crippen LogP contribution in [0.5, 0.6) is 0 Å². The van der Waals surface area contributed by atoms with E-state index in [1.807, 2.05) is 0 Å². The Hall–Kier alpha value is -1.90. The van der Waals surface area contributed by atoms with Gasteiger partial charge >= 0.3 is 0 Å². The van der Waals surface area contributed by atoms with Gasteiger partial charge < -0.3 is 5.73 Å². The van der Waals surface area contributed by atoms with Crippen molar-refractivity contribution in [1.29, 1.82) is 0 Å². The summed E-state index contributed by atoms with van der Waals surface area (Å²) in [6.07, 6.45) is 1.78. The van der Waals surface area contributed by atoms with Crippen LogP contribution in [-0.2, 0) is 0 Å². The molecule has 0 saturated heterocycles. The smallest absolute Gasteiger partial charge is 0.130 e. The van der Waals surface area contributed by atoms with E-state index >= 15 is 0 Å². The first kappa shape index (κ1) is 8.69. The van der Waals surface area contributed by atoms with Gasteiger partial charge in [0.15, 0.2) is 0 Å². The molecule has 1 aromatic rings. The van der Waals surface area contributed by atoms with Gasteiger partial charge in [-0.2, -0.15) is 0 Å². The molecule has 2 nitrogen and oxygen atoms in total. The van der Waals surface area contributed by atoms with Gasteiger partial charge in [0.25, 0.3) is 0 Å². The average molecular weight is 188 g/mol. The van der Waals surface area contributed by atoms with Crippen molar-refractivity contribution in [3.05, 3.63) is 53.9 Å². The molecule has 14 heavy (non-hydrogen) atoms. The second-order valence-corrected chi connectivity index (χ2v) is 3.06. The van der Waals surface area contributed by atoms with E-state index in [1.54, 1.807) is 18.2 Å². The summed E-state index contributed by atoms with van der Waals surface area (Å²) in [5.74, 6) is 0.160. The second kappa shape index (κ2) is 3.10. The summed E-state index contributed by atoms with van der Waals surface area (Å²) in [4.78, 5) is 4.10. The van der Waals surface area contributed by atoms with Crippen molar-refractivity contribution in [2.45, 2.75) is 0 Å². The van der Waals surface area contributed by atoms with Gasteiger partial charge in [0.2, 0.25) is 0 Å². The third-order valence-electron chi connectivity index (χ3n) is 2.02. The molecule has 0 aliphatic carbocycles. The Kier molecular flexibility index (Phi) is 1.93. The molecule has 0 unspecified atom stereocenters. The predicted molar refractivity (Wildman–Crippen MR) is 55.1 cm³/mol. The minimum Gasteiger partial charge on any atom is -0.383 e. The summed E-state index contributed by atoms with van der Waals surface area (Å²) in [6.45, 7) is 3.72. The van der Waals surface area contributed by atoms with Crippen molar-refractivity contribution in [2.75, 3.05) is 0 Å². The number of halogens is 1. The lowest BCUT2D eigenvalue weighted by Gasteiger charge is -1.97. The maximum atomic E-state index is 12.6. The third-order valence-corrected chi connectivity index (χ3v) is 2.02. The number of nitrogens with zero attached hydrogens (tertiary/aromatic N) is 1. The largest absolute Gasteiger partial charge is 0.383 e. The van der Waals surface area contributed by atoms with E-state index in [9.17, 15) is 4.39 Å². The topological polar surface area (TPSA) is 38.4 Å². The number of hydrogen-bond donors (Lipinski definition) is 1. The highest BCUT2D eigenvalue weighted by molar-refractivity contribution is 6.07. The number of hydrogen-bond acceptors (Lipinski definition) is 2. The van der Waals surface area contributed by atoms with Crippen LogP contribution in [0.15, 0.2) is 47.5 Å². The third kappa shape index (κ3) is 1.44. The van der Waals surface area contributed by atoms with Gasteiger partial charge in [-0.3, -0.25) is 0 Å². The van der Waals surface area contributed by atoms with Gasteiger partial charge in [-0.15, -0.1) is 0 Å². The summed E-state index contributed by atoms with van der Waals surface area (Å²) >= 11 is 0. The normalized spacial score (nSPS) is 15.4. The zero-order valence-electron chi connectivity index (χ0n) is 7.50. The molecule has 70 valence electrons. The Bertz CT molecular complexity index is 441. The second-order valence-electron chi connectivity index (χ2n) is 3.06. The lowest BCUT2D eigenvalue weighted by molar-refractivity contribution is 0.627. The number of aliphatic imine (C=N–C) groups is 1. The highest BCUT2D eigenvalue weighted by Gasteiger charge is 2.10. The summed E-state index contributed by atoms with van der Waals surface area (Å²) in [7, 11) is 0. The average Bonchev–Trinajstić information content (AvgIpc) is 2.48. The van der Waals surface area contributed by atoms with Gasteiger partial charge in [-0.25, -0.2) is 9.38 Å². The van der Waals surface area contributed by atoms with Crippen molar-refractivity contribution in [2.24, 2.45) is 10.7 Å². The van der Waals surface area contributed by atoms with Crippen LogP contribution in [0.4, 0.5) is 4.39 Å². The van der Waals surface area contributed by atoms with E-state index in [1.165, 1.54) is 12.1 Å². The van der Waals surface area contributed by atoms with Crippen LogP contribution in [0, 0.1) is 5.82 Å². The Morgan fingerprint density at radius 2 is 1.86 bits per heavy atom. The number of rotatable bonds is 1. The van der Waals surface area contributed by atoms with E-state index < -0.39 is 0 Å². The molecular weight excluding hydrogens is 179 g/mol. The number of nitrogens with two attached hydrogens (primary N) is 1. The van der Waals surface area contributed by atoms with E-state index in [2.05, 4.69) is 11.6 Å². The van der Waals surface area contributed by atoms with Crippen molar-refractivity contribution >= 4 is 11.5 Å². The van der Waals surface area contributed by atoms with Crippen molar-refractivity contribution < 1.29 is 4.39 Å². The molecule has 0 fully saturated rings. The zero-order chi connectivity index (χ0) is 10.1. The predicted octanol–water partition coefficient (Wildman–Crippen LogP) is 2.09. The summed E-state index contributed by atoms with van der Waals surface area (Å²) < 4.78 is 12.6. The van der Waals surface area contributed by atoms with Gasteiger partial charge in [0.1, 0.15) is 11.7 Å². The number of benzene rings is 1. The molecule has 1 aliphatic heterocycles. The van der Waals surface area contributed by atoms with Gasteiger partial charge in [0.05, 0.1) is 5.70 Å². The molecule has 1 aliphatic rings. The van der Waals surface area contributed by atoms with Crippen LogP contribution in [0.25, 0.3) is 5.70 Å². The lowest BCUT2D eigenvalue weighted by Crippen LogP contribution is -2.08. The van der Waals surface area contributed by atoms with Crippen LogP contribution in [0.2, 0.25) is 0 Å². The van der Waals surface area contributed by atoms with Crippen molar-refractivity contribution in [3.63, 3.8) is 0 Å². The van der Waals surface area contributed by atoms with Gasteiger partial charge in [-0.05, 0) is 30.3 Å². The fourth-order valence-electron chi connectivity index (χ4n) is 1.24. The summed E-state index contributed by atoms with van der Waals surface area (Å²) in [6, 6.07) is 6.11. The lowest BCUT2D eigenvalue weighted by atomic mass is 10.1. The molecule has 0 atom stereocenters. The molecule has 0 saturated carbocycles. The van der Waals surface area contributed by atoms with Crippen molar-refractivity contribution in [3.8, 4) is 0 Å². The molecule has 3 heteroatoms. The monoisotopic (exact) mass is 188 g/mol. The van der Waals surface area contributed by atoms with E-state index in [0.717, 1.165) is 11.3 Å². The minimum atomic E-state index is -0.261. The van der Waals surface area contributed by atoms with Crippen LogP contribution >= 0.6 is 0 Å². The first-order valence-electron chi connectivity index (χ1n) is 4.18. The van der Waals surface area contributed by atoms with Crippen molar-refractivity contribution in [1.82, 2.24) is 0 Å². The molecule has 0 amide bonds. The Morgan fingerprint density at radius 3 is 2.36 bits per heavy atom. The first-order chi connectivity index (χ1) is 6.66. The highest BCUT2D eigenvalue weighted by atomic mass is 19.1. The Labute approximate surface area is 81.3 Å². The van der Waals surface area contributed by atoms with Crippen LogP contribution in [0.3, 0.4) is 0 Å². The molecule has 0 aromatic heterocycles. The summed E-state index contributed by atoms with van der Waals surface area (Å²) in [5, 5.41) is 0. The molecular formula is C11H9FN2. The van der Waals surface area contributed by atoms with Crippen LogP contribution in [0.1, 0.15) is 5.56 Å². The molecule has 0 radical (unpaired) electrons. The quantitative estimate of drug-likeness (QED) is 0.720. The minimum absolute atomic E-state index is 0.261. The van der Waals surface area contributed by atoms with E-state index in [-0.39, 0.29) is 5.82 Å². The van der Waals surface area contributed by atoms with Gasteiger partial charge in [0, 0.05) is 11.1 Å². The maximum absolute atomic E-state index is 12.6. The standard InChI is InChI=1S/C11H9FN2/c1-7-6-10(14-11(7)13)8-2-4-9(12)5-3-8/h2-6H,1H2,(H2,13,14). The fourth-order valence-corrected chi connectivity index (χ4v) is 1.24. The molecule has 0 spiro atoms. The first-order valence-corrected chi connectivity index (χ1v) is 4.18. The summed E-state index contributed by atoms with van der Waals surface area (Å²) in [5.41, 5.74) is 7.83. The molecule has 2 rings (SSSR count). The highest BCUT2D eigenvalue weighted by Crippen LogP contribution is 2.23. The molecule has 1 heterocycles. The molecule has 2 N–H and O–H groups in total. The van der Waals surface area contributed by atoms with E-state index in [4.69, 9.17) is 5.73 Å². The zero-order valence-corrected chi connectivity index (χ0v) is 7.50. The van der Waals surface area contributed by atoms with Gasteiger partial charge in [-0.1, -0.05) is 6.58 Å². The van der Waals surface area contributed by atoms with Crippen LogP contribution < -0.4 is 5.73 Å². The van der Waals surface area contributed by atoms with E-state index in [0.29, 0.717) is 11.4 Å². The molecule has 1 aromatic carbocycles. The Morgan fingerprint density at radius 1 is 1.21 bits per heavy atom. The SMILES string of the molecule is C=C1C=C(c2ccc(F)cc2)N=C1N. The maximum Gasteiger partial charge on any atom is 0.130 e. The number of amidine groups is 1. The fraction of sp³-hybridized carbons (Fsp3) is 0.